The molecule has 2 aliphatic rings. The van der Waals surface area contributed by atoms with E-state index >= 15 is 0 Å². The lowest BCUT2D eigenvalue weighted by Crippen LogP contribution is -2.52. The zero-order valence-electron chi connectivity index (χ0n) is 37.8. The van der Waals surface area contributed by atoms with Crippen LogP contribution in [0.15, 0.2) is 155 Å². The number of methoxy groups -OCH3 is 1. The topological polar surface area (TPSA) is 169 Å². The monoisotopic (exact) mass is 1060 g/mol. The van der Waals surface area contributed by atoms with Crippen molar-refractivity contribution in [3.8, 4) is 33.8 Å². The van der Waals surface area contributed by atoms with Crippen molar-refractivity contribution in [2.75, 3.05) is 72.6 Å². The number of aromatic hydroxyl groups is 1. The number of ether oxygens (including phenoxy) is 1. The molecule has 0 aliphatic carbocycles. The molecule has 2 aliphatic heterocycles. The van der Waals surface area contributed by atoms with Crippen LogP contribution in [0.3, 0.4) is 0 Å². The number of rotatable bonds is 11. The van der Waals surface area contributed by atoms with Crippen molar-refractivity contribution in [2.24, 2.45) is 0 Å². The van der Waals surface area contributed by atoms with E-state index in [1.165, 1.54) is 12.1 Å². The summed E-state index contributed by atoms with van der Waals surface area (Å²) in [7, 11) is 1.56. The number of hydrogen-bond acceptors (Lipinski definition) is 8. The summed E-state index contributed by atoms with van der Waals surface area (Å²) >= 11 is 6.76. The van der Waals surface area contributed by atoms with Gasteiger partial charge < -0.3 is 40.1 Å². The van der Waals surface area contributed by atoms with Gasteiger partial charge in [0.1, 0.15) is 11.5 Å². The van der Waals surface area contributed by atoms with Crippen molar-refractivity contribution >= 4 is 67.3 Å². The van der Waals surface area contributed by atoms with Crippen LogP contribution in [0.25, 0.3) is 22.3 Å². The van der Waals surface area contributed by atoms with Gasteiger partial charge in [0.05, 0.1) is 31.3 Å². The minimum Gasteiger partial charge on any atom is -0.508 e. The molecular weight excluding hydrogens is 1010 g/mol. The summed E-state index contributed by atoms with van der Waals surface area (Å²) in [5.74, 6) is -0.669. The molecule has 0 atom stereocenters. The zero-order valence-corrected chi connectivity index (χ0v) is 40.9. The first-order valence-electron chi connectivity index (χ1n) is 22.2. The lowest BCUT2D eigenvalue weighted by atomic mass is 10.0. The van der Waals surface area contributed by atoms with E-state index in [-0.39, 0.29) is 54.3 Å². The molecule has 0 unspecified atom stereocenters. The van der Waals surface area contributed by atoms with Crippen LogP contribution in [0.2, 0.25) is 0 Å². The van der Waals surface area contributed by atoms with E-state index in [1.54, 1.807) is 75.2 Å². The van der Waals surface area contributed by atoms with E-state index in [0.717, 1.165) is 22.3 Å². The molecule has 3 N–H and O–H groups in total. The molecule has 0 saturated carbocycles. The molecule has 0 bridgehead atoms. The number of halogens is 2. The molecule has 2 fully saturated rings. The van der Waals surface area contributed by atoms with Crippen LogP contribution in [-0.4, -0.2) is 133 Å². The van der Waals surface area contributed by atoms with Crippen molar-refractivity contribution < 1.29 is 38.6 Å². The Balaban J connectivity index is 0.000000204. The highest BCUT2D eigenvalue weighted by atomic mass is 79.9. The normalized spacial score (nSPS) is 13.4. The maximum atomic E-state index is 12.9. The van der Waals surface area contributed by atoms with Gasteiger partial charge in [-0.25, -0.2) is 0 Å². The largest absolute Gasteiger partial charge is 0.508 e. The van der Waals surface area contributed by atoms with Crippen molar-refractivity contribution in [1.29, 1.82) is 0 Å². The maximum absolute atomic E-state index is 12.9. The fraction of sp³-hybridized carbons (Fsp3) is 0.208. The van der Waals surface area contributed by atoms with E-state index in [1.807, 2.05) is 84.9 Å². The average molecular weight is 1060 g/mol. The Hall–Kier alpha value is -7.30. The Morgan fingerprint density at radius 2 is 0.841 bits per heavy atom. The Morgan fingerprint density at radius 1 is 0.478 bits per heavy atom. The Bertz CT molecular complexity index is 2780. The van der Waals surface area contributed by atoms with Crippen LogP contribution < -0.4 is 15.4 Å². The van der Waals surface area contributed by atoms with Gasteiger partial charge in [-0.1, -0.05) is 84.9 Å². The van der Waals surface area contributed by atoms with Gasteiger partial charge >= 0.3 is 0 Å². The molecule has 6 amide bonds. The number of nitrogens with one attached hydrogen (secondary N) is 2. The van der Waals surface area contributed by atoms with E-state index in [0.29, 0.717) is 89.3 Å². The van der Waals surface area contributed by atoms with E-state index in [9.17, 15) is 33.9 Å². The third-order valence-corrected chi connectivity index (χ3v) is 13.1. The number of carbonyl (C=O) groups is 6. The number of amides is 6. The summed E-state index contributed by atoms with van der Waals surface area (Å²) in [6, 6.07) is 44.1. The molecule has 2 heterocycles. The minimum absolute atomic E-state index is 0.0193. The molecule has 0 spiro atoms. The molecule has 8 rings (SSSR count). The summed E-state index contributed by atoms with van der Waals surface area (Å²) < 4.78 is 6.52. The quantitative estimate of drug-likeness (QED) is 0.121. The minimum atomic E-state index is -0.310. The lowest BCUT2D eigenvalue weighted by Gasteiger charge is -2.35. The van der Waals surface area contributed by atoms with Gasteiger partial charge in [0, 0.05) is 72.4 Å². The van der Waals surface area contributed by atoms with E-state index < -0.39 is 0 Å². The third kappa shape index (κ3) is 13.0. The molecule has 16 heteroatoms. The van der Waals surface area contributed by atoms with Crippen LogP contribution in [0.1, 0.15) is 41.4 Å². The second-order valence-corrected chi connectivity index (χ2v) is 17.8. The molecule has 6 aromatic carbocycles. The molecule has 2 saturated heterocycles. The van der Waals surface area contributed by atoms with Crippen molar-refractivity contribution in [3.05, 3.63) is 177 Å². The lowest BCUT2D eigenvalue weighted by molar-refractivity contribution is -0.132. The molecule has 0 radical (unpaired) electrons. The Morgan fingerprint density at radius 3 is 1.25 bits per heavy atom. The summed E-state index contributed by atoms with van der Waals surface area (Å²) in [6.45, 7) is 2.97. The van der Waals surface area contributed by atoms with Crippen LogP contribution >= 0.6 is 31.9 Å². The summed E-state index contributed by atoms with van der Waals surface area (Å²) in [5, 5.41) is 15.1. The average Bonchev–Trinajstić information content (AvgIpc) is 3.40. The highest BCUT2D eigenvalue weighted by Gasteiger charge is 2.28. The van der Waals surface area contributed by atoms with Crippen LogP contribution in [0.5, 0.6) is 11.5 Å². The van der Waals surface area contributed by atoms with Crippen molar-refractivity contribution in [2.45, 2.75) is 0 Å². The zero-order chi connectivity index (χ0) is 48.9. The second-order valence-electron chi connectivity index (χ2n) is 16.1. The SMILES string of the molecule is COc1ccc(Br)c(C(=O)N2CCN(C(=O)CNC(=O)c3ccc(-c4ccccc4)cc3)CC2)c1.O=C(NCC(=O)N1CCN(C(=O)c2cc(O)ccc2Br)CC1)c1ccc(-c2ccccc2)cc1. The number of hydrogen-bond donors (Lipinski definition) is 3. The Kier molecular flexibility index (Phi) is 17.0. The molecule has 354 valence electrons. The predicted octanol–water partition coefficient (Wildman–Crippen LogP) is 7.38. The number of phenols is 1. The molecule has 69 heavy (non-hydrogen) atoms. The first-order valence-corrected chi connectivity index (χ1v) is 23.8. The predicted molar refractivity (Wildman–Crippen MR) is 270 cm³/mol. The smallest absolute Gasteiger partial charge is 0.255 e. The maximum Gasteiger partial charge on any atom is 0.255 e. The molecule has 14 nitrogen and oxygen atoms in total. The van der Waals surface area contributed by atoms with Crippen LogP contribution in [0.4, 0.5) is 0 Å². The summed E-state index contributed by atoms with van der Waals surface area (Å²) in [6.07, 6.45) is 0. The second kappa shape index (κ2) is 23.6. The van der Waals surface area contributed by atoms with Gasteiger partial charge in [-0.15, -0.1) is 0 Å². The summed E-state index contributed by atoms with van der Waals surface area (Å²) in [5.41, 5.74) is 6.06. The number of benzene rings is 6. The van der Waals surface area contributed by atoms with Crippen molar-refractivity contribution in [3.63, 3.8) is 0 Å². The number of nitrogens with zero attached hydrogens (tertiary/aromatic N) is 4. The highest BCUT2D eigenvalue weighted by Crippen LogP contribution is 2.26. The van der Waals surface area contributed by atoms with Gasteiger partial charge in [-0.3, -0.25) is 28.8 Å². The Labute approximate surface area is 417 Å². The van der Waals surface area contributed by atoms with Gasteiger partial charge in [-0.05, 0) is 115 Å². The van der Waals surface area contributed by atoms with Gasteiger partial charge in [0.15, 0.2) is 0 Å². The number of piperazine rings is 2. The first-order chi connectivity index (χ1) is 33.4. The first kappa shape index (κ1) is 49.6. The van der Waals surface area contributed by atoms with Crippen molar-refractivity contribution in [1.82, 2.24) is 30.2 Å². The fourth-order valence-corrected chi connectivity index (χ4v) is 8.59. The fourth-order valence-electron chi connectivity index (χ4n) is 7.76. The molecular formula is C53H50Br2N6O8. The number of phenolic OH excluding ortho intramolecular Hbond substituents is 1. The van der Waals surface area contributed by atoms with Gasteiger partial charge in [-0.2, -0.15) is 0 Å². The van der Waals surface area contributed by atoms with E-state index in [4.69, 9.17) is 4.74 Å². The van der Waals surface area contributed by atoms with Crippen LogP contribution in [-0.2, 0) is 9.59 Å². The molecule has 0 aromatic heterocycles. The number of carbonyl (C=O) groups excluding carboxylic acids is 6. The standard InChI is InChI=1S/C27H26BrN3O4.C26H24BrN3O4/c1-35-22-11-12-24(28)23(17-22)27(34)31-15-13-30(14-16-31)25(32)18-29-26(33)21-9-7-20(8-10-21)19-5-3-2-4-6-19;27-23-11-10-21(31)16-22(23)26(34)30-14-12-29(13-15-30)24(32)17-28-25(33)20-8-6-19(7-9-20)18-4-2-1-3-5-18/h2-12,17H,13-16,18H2,1H3,(H,29,33);1-11,16,31H,12-15,17H2,(H,28,33). The van der Waals surface area contributed by atoms with Crippen LogP contribution in [0, 0.1) is 0 Å². The molecule has 6 aromatic rings. The van der Waals surface area contributed by atoms with E-state index in [2.05, 4.69) is 42.5 Å². The van der Waals surface area contributed by atoms with Gasteiger partial charge in [0.2, 0.25) is 11.8 Å². The summed E-state index contributed by atoms with van der Waals surface area (Å²) in [4.78, 5) is 82.6. The highest BCUT2D eigenvalue weighted by molar-refractivity contribution is 9.10. The van der Waals surface area contributed by atoms with Gasteiger partial charge in [0.25, 0.3) is 23.6 Å². The third-order valence-electron chi connectivity index (χ3n) is 11.7.